The van der Waals surface area contributed by atoms with Gasteiger partial charge in [-0.05, 0) is 13.3 Å². The molecule has 3 atom stereocenters. The molecule has 0 aliphatic heterocycles. The van der Waals surface area contributed by atoms with Gasteiger partial charge in [-0.15, -0.1) is 0 Å². The predicted molar refractivity (Wildman–Crippen MR) is 117 cm³/mol. The lowest BCUT2D eigenvalue weighted by molar-refractivity contribution is -0.174. The summed E-state index contributed by atoms with van der Waals surface area (Å²) in [6, 6.07) is -1.40. The largest absolute Gasteiger partial charge is 0.471 e. The van der Waals surface area contributed by atoms with Crippen LogP contribution in [0.5, 0.6) is 0 Å². The highest BCUT2D eigenvalue weighted by molar-refractivity contribution is 6.35. The SMILES string of the molecule is C[C@@H](NC(=O)C(F)(F)F)c1c(F)c(Cl)c(-c2cn3cc(NC(=O)C4CC4F)nc3cn2)c2cn[nH]c12. The van der Waals surface area contributed by atoms with E-state index in [2.05, 4.69) is 25.5 Å². The van der Waals surface area contributed by atoms with Gasteiger partial charge in [0.05, 0.1) is 46.8 Å². The fraction of sp³-hybridized carbons (Fsp3) is 0.286. The number of aromatic amines is 1. The number of alkyl halides is 4. The summed E-state index contributed by atoms with van der Waals surface area (Å²) in [5, 5.41) is 10.4. The third-order valence-corrected chi connectivity index (χ3v) is 6.12. The van der Waals surface area contributed by atoms with Crippen molar-refractivity contribution in [3.8, 4) is 11.3 Å². The maximum atomic E-state index is 15.4. The summed E-state index contributed by atoms with van der Waals surface area (Å²) in [5.41, 5.74) is 0.288. The lowest BCUT2D eigenvalue weighted by Crippen LogP contribution is -2.38. The molecule has 36 heavy (non-hydrogen) atoms. The highest BCUT2D eigenvalue weighted by Crippen LogP contribution is 2.40. The first-order chi connectivity index (χ1) is 17.0. The van der Waals surface area contributed by atoms with E-state index in [-0.39, 0.29) is 40.0 Å². The van der Waals surface area contributed by atoms with Crippen LogP contribution in [0.1, 0.15) is 24.9 Å². The van der Waals surface area contributed by atoms with Crippen LogP contribution in [0.2, 0.25) is 5.02 Å². The quantitative estimate of drug-likeness (QED) is 0.338. The van der Waals surface area contributed by atoms with Gasteiger partial charge in [-0.1, -0.05) is 11.6 Å². The van der Waals surface area contributed by atoms with Crippen LogP contribution in [-0.2, 0) is 9.59 Å². The molecule has 0 spiro atoms. The number of carbonyl (C=O) groups excluding carboxylic acids is 2. The Labute approximate surface area is 203 Å². The van der Waals surface area contributed by atoms with Crippen molar-refractivity contribution in [1.82, 2.24) is 29.9 Å². The smallest absolute Gasteiger partial charge is 0.342 e. The van der Waals surface area contributed by atoms with E-state index < -0.39 is 47.0 Å². The second-order valence-electron chi connectivity index (χ2n) is 8.28. The fourth-order valence-electron chi connectivity index (χ4n) is 3.89. The van der Waals surface area contributed by atoms with Gasteiger partial charge in [0, 0.05) is 22.7 Å². The van der Waals surface area contributed by atoms with Crippen LogP contribution in [-0.4, -0.2) is 48.7 Å². The number of aromatic nitrogens is 5. The number of imidazole rings is 1. The van der Waals surface area contributed by atoms with Crippen LogP contribution in [0.25, 0.3) is 27.8 Å². The summed E-state index contributed by atoms with van der Waals surface area (Å²) in [5.74, 6) is -4.34. The number of fused-ring (bicyclic) bond motifs is 2. The highest BCUT2D eigenvalue weighted by Gasteiger charge is 2.44. The molecule has 5 rings (SSSR count). The third kappa shape index (κ3) is 4.10. The van der Waals surface area contributed by atoms with Gasteiger partial charge >= 0.3 is 12.1 Å². The molecule has 2 unspecified atom stereocenters. The van der Waals surface area contributed by atoms with E-state index in [1.54, 1.807) is 5.32 Å². The summed E-state index contributed by atoms with van der Waals surface area (Å²) in [6.07, 6.45) is -0.632. The van der Waals surface area contributed by atoms with Gasteiger partial charge in [0.25, 0.3) is 0 Å². The molecule has 9 nitrogen and oxygen atoms in total. The number of rotatable bonds is 5. The van der Waals surface area contributed by atoms with Crippen LogP contribution in [0.15, 0.2) is 24.8 Å². The Kier molecular flexibility index (Phi) is 5.58. The van der Waals surface area contributed by atoms with E-state index in [1.807, 2.05) is 0 Å². The molecule has 15 heteroatoms. The molecule has 3 aromatic heterocycles. The minimum atomic E-state index is -5.16. The van der Waals surface area contributed by atoms with Gasteiger partial charge in [0.15, 0.2) is 11.5 Å². The first-order valence-corrected chi connectivity index (χ1v) is 10.8. The van der Waals surface area contributed by atoms with Crippen molar-refractivity contribution >= 4 is 45.8 Å². The van der Waals surface area contributed by atoms with Crippen molar-refractivity contribution in [3.63, 3.8) is 0 Å². The Morgan fingerprint density at radius 1 is 1.28 bits per heavy atom. The topological polar surface area (TPSA) is 117 Å². The average Bonchev–Trinajstić information content (AvgIpc) is 3.16. The van der Waals surface area contributed by atoms with Crippen LogP contribution in [0, 0.1) is 11.7 Å². The molecule has 0 radical (unpaired) electrons. The minimum absolute atomic E-state index is 0.0209. The zero-order valence-corrected chi connectivity index (χ0v) is 18.9. The second kappa shape index (κ2) is 8.40. The molecular formula is C21H15ClF5N7O2. The first kappa shape index (κ1) is 23.9. The normalized spacial score (nSPS) is 18.4. The Hall–Kier alpha value is -3.81. The second-order valence-corrected chi connectivity index (χ2v) is 8.66. The molecule has 2 amide bonds. The zero-order chi connectivity index (χ0) is 25.9. The number of nitrogens with zero attached hydrogens (tertiary/aromatic N) is 4. The van der Waals surface area contributed by atoms with Crippen molar-refractivity contribution in [2.45, 2.75) is 31.7 Å². The molecular weight excluding hydrogens is 513 g/mol. The van der Waals surface area contributed by atoms with Crippen molar-refractivity contribution < 1.29 is 31.5 Å². The molecule has 1 aliphatic carbocycles. The van der Waals surface area contributed by atoms with Crippen LogP contribution >= 0.6 is 11.6 Å². The van der Waals surface area contributed by atoms with E-state index in [0.717, 1.165) is 0 Å². The van der Waals surface area contributed by atoms with Gasteiger partial charge in [0.2, 0.25) is 5.91 Å². The lowest BCUT2D eigenvalue weighted by Gasteiger charge is -2.19. The predicted octanol–water partition coefficient (Wildman–Crippen LogP) is 4.10. The standard InChI is InChI=1S/C21H15ClF5N7O2/c1-7(30-20(36)21(25,26)27)14-17(24)16(22)15(9-3-29-33-18(9)14)11-5-34-6-12(31-13(34)4-28-11)32-19(35)8-2-10(8)23/h3-8,10H,2H2,1H3,(H,29,33)(H,30,36)(H,32,35)/t7-,8?,10?/m1/s1. The molecule has 0 bridgehead atoms. The number of H-pyrrole nitrogens is 1. The highest BCUT2D eigenvalue weighted by atomic mass is 35.5. The number of anilines is 1. The minimum Gasteiger partial charge on any atom is -0.342 e. The van der Waals surface area contributed by atoms with Crippen molar-refractivity contribution in [1.29, 1.82) is 0 Å². The molecule has 1 saturated carbocycles. The Morgan fingerprint density at radius 2 is 2.00 bits per heavy atom. The van der Waals surface area contributed by atoms with Crippen LogP contribution in [0.3, 0.4) is 0 Å². The number of carbonyl (C=O) groups is 2. The number of nitrogens with one attached hydrogen (secondary N) is 3. The van der Waals surface area contributed by atoms with Crippen molar-refractivity contribution in [3.05, 3.63) is 41.2 Å². The summed E-state index contributed by atoms with van der Waals surface area (Å²) in [6.45, 7) is 1.18. The lowest BCUT2D eigenvalue weighted by atomic mass is 9.98. The Balaban J connectivity index is 1.53. The Bertz CT molecular complexity index is 1530. The number of benzene rings is 1. The number of hydrogen-bond donors (Lipinski definition) is 3. The maximum Gasteiger partial charge on any atom is 0.471 e. The zero-order valence-electron chi connectivity index (χ0n) is 18.1. The number of amides is 2. The third-order valence-electron chi connectivity index (χ3n) is 5.76. The van der Waals surface area contributed by atoms with Gasteiger partial charge in [-0.3, -0.25) is 19.7 Å². The van der Waals surface area contributed by atoms with E-state index >= 15 is 4.39 Å². The van der Waals surface area contributed by atoms with Crippen molar-refractivity contribution in [2.75, 3.05) is 5.32 Å². The number of halogens is 6. The average molecular weight is 528 g/mol. The molecule has 3 heterocycles. The fourth-order valence-corrected chi connectivity index (χ4v) is 4.19. The van der Waals surface area contributed by atoms with Gasteiger partial charge in [-0.25, -0.2) is 13.8 Å². The van der Waals surface area contributed by atoms with E-state index in [1.165, 1.54) is 36.1 Å². The summed E-state index contributed by atoms with van der Waals surface area (Å²) in [4.78, 5) is 31.8. The van der Waals surface area contributed by atoms with Gasteiger partial charge in [0.1, 0.15) is 12.0 Å². The van der Waals surface area contributed by atoms with Crippen molar-refractivity contribution in [2.24, 2.45) is 5.92 Å². The number of hydrogen-bond acceptors (Lipinski definition) is 5. The van der Waals surface area contributed by atoms with Gasteiger partial charge in [-0.2, -0.15) is 18.3 Å². The molecule has 1 aromatic carbocycles. The maximum absolute atomic E-state index is 15.4. The molecule has 0 saturated heterocycles. The van der Waals surface area contributed by atoms with E-state index in [4.69, 9.17) is 11.6 Å². The van der Waals surface area contributed by atoms with Gasteiger partial charge < -0.3 is 15.0 Å². The monoisotopic (exact) mass is 527 g/mol. The molecule has 188 valence electrons. The first-order valence-electron chi connectivity index (χ1n) is 10.5. The van der Waals surface area contributed by atoms with E-state index in [9.17, 15) is 27.2 Å². The summed E-state index contributed by atoms with van der Waals surface area (Å²) < 4.78 is 68.1. The molecule has 3 N–H and O–H groups in total. The molecule has 4 aromatic rings. The van der Waals surface area contributed by atoms with Crippen LogP contribution < -0.4 is 10.6 Å². The van der Waals surface area contributed by atoms with Crippen LogP contribution in [0.4, 0.5) is 27.8 Å². The summed E-state index contributed by atoms with van der Waals surface area (Å²) in [7, 11) is 0. The molecule has 1 fully saturated rings. The molecule has 1 aliphatic rings. The Morgan fingerprint density at radius 3 is 2.67 bits per heavy atom. The van der Waals surface area contributed by atoms with E-state index in [0.29, 0.717) is 5.65 Å². The summed E-state index contributed by atoms with van der Waals surface area (Å²) >= 11 is 6.31.